The summed E-state index contributed by atoms with van der Waals surface area (Å²) < 4.78 is 0. The molecule has 1 aliphatic rings. The van der Waals surface area contributed by atoms with Crippen LogP contribution in [0.5, 0.6) is 0 Å². The van der Waals surface area contributed by atoms with E-state index in [1.54, 1.807) is 12.5 Å². The molecule has 0 unspecified atom stereocenters. The SMILES string of the molecule is CNc1cc(-c2c[nH]c3ncnc(NCc4cccc(N5C[C@@H](C)N[C@@H](C)C5)n4)c23)ccn1. The first kappa shape index (κ1) is 21.1. The van der Waals surface area contributed by atoms with Crippen molar-refractivity contribution in [2.75, 3.05) is 35.7 Å². The first-order valence-corrected chi connectivity index (χ1v) is 11.3. The van der Waals surface area contributed by atoms with Crippen LogP contribution in [0.2, 0.25) is 0 Å². The molecule has 4 N–H and O–H groups in total. The van der Waals surface area contributed by atoms with Gasteiger partial charge in [0.05, 0.1) is 17.6 Å². The van der Waals surface area contributed by atoms with Crippen LogP contribution in [0.15, 0.2) is 49.1 Å². The molecule has 4 aromatic rings. The standard InChI is InChI=1S/C24H29N9/c1-15-12-33(13-16(2)31-15)21-6-4-5-18(32-21)10-27-23-22-19(11-28-24(22)30-14-29-23)17-7-8-26-20(9-17)25-3/h4-9,11,14-16,31H,10,12-13H2,1-3H3,(H,25,26)(H2,27,28,29,30)/t15-,16+. The van der Waals surface area contributed by atoms with Crippen molar-refractivity contribution >= 4 is 28.5 Å². The second-order valence-electron chi connectivity index (χ2n) is 8.54. The number of pyridine rings is 2. The number of piperazine rings is 1. The number of nitrogens with one attached hydrogen (secondary N) is 4. The largest absolute Gasteiger partial charge is 0.373 e. The maximum atomic E-state index is 4.92. The number of aromatic amines is 1. The molecule has 170 valence electrons. The maximum Gasteiger partial charge on any atom is 0.143 e. The summed E-state index contributed by atoms with van der Waals surface area (Å²) in [7, 11) is 1.86. The van der Waals surface area contributed by atoms with Crippen LogP contribution < -0.4 is 20.9 Å². The topological polar surface area (TPSA) is 107 Å². The number of fused-ring (bicyclic) bond motifs is 1. The number of aromatic nitrogens is 5. The van der Waals surface area contributed by atoms with Gasteiger partial charge in [0.25, 0.3) is 0 Å². The number of hydrogen-bond donors (Lipinski definition) is 4. The van der Waals surface area contributed by atoms with Gasteiger partial charge < -0.3 is 25.8 Å². The third-order valence-corrected chi connectivity index (χ3v) is 5.91. The monoisotopic (exact) mass is 443 g/mol. The zero-order valence-corrected chi connectivity index (χ0v) is 19.1. The van der Waals surface area contributed by atoms with Crippen LogP contribution in [-0.2, 0) is 6.54 Å². The Morgan fingerprint density at radius 2 is 1.94 bits per heavy atom. The van der Waals surface area contributed by atoms with E-state index in [4.69, 9.17) is 4.98 Å². The Bertz CT molecular complexity index is 1240. The minimum Gasteiger partial charge on any atom is -0.373 e. The van der Waals surface area contributed by atoms with E-state index in [1.165, 1.54) is 0 Å². The summed E-state index contributed by atoms with van der Waals surface area (Å²) >= 11 is 0. The van der Waals surface area contributed by atoms with Gasteiger partial charge in [-0.25, -0.2) is 19.9 Å². The van der Waals surface area contributed by atoms with Crippen molar-refractivity contribution in [3.63, 3.8) is 0 Å². The summed E-state index contributed by atoms with van der Waals surface area (Å²) in [5.74, 6) is 2.60. The number of nitrogens with zero attached hydrogens (tertiary/aromatic N) is 5. The number of anilines is 3. The van der Waals surface area contributed by atoms with E-state index < -0.39 is 0 Å². The summed E-state index contributed by atoms with van der Waals surface area (Å²) in [5.41, 5.74) is 3.82. The van der Waals surface area contributed by atoms with Crippen LogP contribution in [0.1, 0.15) is 19.5 Å². The molecule has 0 amide bonds. The predicted molar refractivity (Wildman–Crippen MR) is 133 cm³/mol. The molecule has 9 heteroatoms. The molecule has 5 heterocycles. The van der Waals surface area contributed by atoms with Gasteiger partial charge in [-0.05, 0) is 43.7 Å². The van der Waals surface area contributed by atoms with Crippen molar-refractivity contribution < 1.29 is 0 Å². The average molecular weight is 444 g/mol. The van der Waals surface area contributed by atoms with Gasteiger partial charge in [-0.3, -0.25) is 0 Å². The fourth-order valence-corrected chi connectivity index (χ4v) is 4.49. The smallest absolute Gasteiger partial charge is 0.143 e. The van der Waals surface area contributed by atoms with Crippen molar-refractivity contribution in [3.8, 4) is 11.1 Å². The summed E-state index contributed by atoms with van der Waals surface area (Å²) in [6.45, 7) is 6.90. The number of rotatable bonds is 6. The van der Waals surface area contributed by atoms with E-state index >= 15 is 0 Å². The van der Waals surface area contributed by atoms with Crippen LogP contribution in [-0.4, -0.2) is 57.1 Å². The Balaban J connectivity index is 1.40. The molecule has 0 radical (unpaired) electrons. The molecular formula is C24H29N9. The molecule has 0 spiro atoms. The summed E-state index contributed by atoms with van der Waals surface area (Å²) in [6.07, 6.45) is 5.33. The van der Waals surface area contributed by atoms with Crippen molar-refractivity contribution in [1.29, 1.82) is 0 Å². The summed E-state index contributed by atoms with van der Waals surface area (Å²) in [6, 6.07) is 11.1. The third kappa shape index (κ3) is 4.45. The van der Waals surface area contributed by atoms with Gasteiger partial charge in [-0.1, -0.05) is 6.07 Å². The fourth-order valence-electron chi connectivity index (χ4n) is 4.49. The van der Waals surface area contributed by atoms with Crippen LogP contribution in [0, 0.1) is 0 Å². The van der Waals surface area contributed by atoms with Gasteiger partial charge in [0.2, 0.25) is 0 Å². The first-order chi connectivity index (χ1) is 16.1. The Kier molecular flexibility index (Phi) is 5.78. The van der Waals surface area contributed by atoms with E-state index in [1.807, 2.05) is 31.4 Å². The van der Waals surface area contributed by atoms with Gasteiger partial charge in [0, 0.05) is 50.2 Å². The van der Waals surface area contributed by atoms with E-state index in [9.17, 15) is 0 Å². The van der Waals surface area contributed by atoms with E-state index in [0.717, 1.165) is 58.4 Å². The number of hydrogen-bond acceptors (Lipinski definition) is 8. The van der Waals surface area contributed by atoms with Crippen molar-refractivity contribution in [2.45, 2.75) is 32.5 Å². The third-order valence-electron chi connectivity index (χ3n) is 5.91. The minimum atomic E-state index is 0.440. The van der Waals surface area contributed by atoms with E-state index in [2.05, 4.69) is 66.8 Å². The second kappa shape index (κ2) is 9.03. The zero-order chi connectivity index (χ0) is 22.8. The second-order valence-corrected chi connectivity index (χ2v) is 8.54. The van der Waals surface area contributed by atoms with Crippen LogP contribution in [0.25, 0.3) is 22.2 Å². The molecule has 1 aliphatic heterocycles. The molecule has 4 aromatic heterocycles. The highest BCUT2D eigenvalue weighted by Gasteiger charge is 2.22. The van der Waals surface area contributed by atoms with Crippen molar-refractivity contribution in [2.24, 2.45) is 0 Å². The normalized spacial score (nSPS) is 18.5. The Morgan fingerprint density at radius 3 is 2.76 bits per heavy atom. The molecule has 1 fully saturated rings. The molecule has 0 bridgehead atoms. The van der Waals surface area contributed by atoms with Crippen LogP contribution in [0.4, 0.5) is 17.5 Å². The molecule has 0 saturated carbocycles. The molecule has 9 nitrogen and oxygen atoms in total. The van der Waals surface area contributed by atoms with E-state index in [0.29, 0.717) is 18.6 Å². The molecule has 0 aromatic carbocycles. The minimum absolute atomic E-state index is 0.440. The van der Waals surface area contributed by atoms with Gasteiger partial charge in [0.1, 0.15) is 29.4 Å². The van der Waals surface area contributed by atoms with Gasteiger partial charge in [-0.2, -0.15) is 0 Å². The molecule has 33 heavy (non-hydrogen) atoms. The lowest BCUT2D eigenvalue weighted by atomic mass is 10.1. The Hall–Kier alpha value is -3.72. The fraction of sp³-hybridized carbons (Fsp3) is 0.333. The van der Waals surface area contributed by atoms with Crippen molar-refractivity contribution in [1.82, 2.24) is 30.2 Å². The highest BCUT2D eigenvalue weighted by Crippen LogP contribution is 2.32. The zero-order valence-electron chi connectivity index (χ0n) is 19.1. The van der Waals surface area contributed by atoms with E-state index in [-0.39, 0.29) is 0 Å². The van der Waals surface area contributed by atoms with Crippen LogP contribution in [0.3, 0.4) is 0 Å². The summed E-state index contributed by atoms with van der Waals surface area (Å²) in [4.78, 5) is 23.8. The Labute approximate surface area is 193 Å². The quantitative estimate of drug-likeness (QED) is 0.360. The molecule has 5 rings (SSSR count). The first-order valence-electron chi connectivity index (χ1n) is 11.3. The lowest BCUT2D eigenvalue weighted by Crippen LogP contribution is -2.54. The van der Waals surface area contributed by atoms with Crippen LogP contribution >= 0.6 is 0 Å². The molecule has 2 atom stereocenters. The lowest BCUT2D eigenvalue weighted by molar-refractivity contribution is 0.405. The predicted octanol–water partition coefficient (Wildman–Crippen LogP) is 3.26. The maximum absolute atomic E-state index is 4.92. The van der Waals surface area contributed by atoms with Gasteiger partial charge >= 0.3 is 0 Å². The molecule has 1 saturated heterocycles. The highest BCUT2D eigenvalue weighted by atomic mass is 15.3. The Morgan fingerprint density at radius 1 is 1.09 bits per heavy atom. The van der Waals surface area contributed by atoms with Crippen molar-refractivity contribution in [3.05, 3.63) is 54.7 Å². The van der Waals surface area contributed by atoms with Gasteiger partial charge in [0.15, 0.2) is 0 Å². The average Bonchev–Trinajstić information content (AvgIpc) is 3.27. The number of H-pyrrole nitrogens is 1. The molecular weight excluding hydrogens is 414 g/mol. The molecule has 0 aliphatic carbocycles. The lowest BCUT2D eigenvalue weighted by Gasteiger charge is -2.37. The highest BCUT2D eigenvalue weighted by molar-refractivity contribution is 6.01. The summed E-state index contributed by atoms with van der Waals surface area (Å²) in [5, 5.41) is 11.1. The van der Waals surface area contributed by atoms with Gasteiger partial charge in [-0.15, -0.1) is 0 Å².